The Labute approximate surface area is 195 Å². The van der Waals surface area contributed by atoms with E-state index in [0.717, 1.165) is 5.52 Å². The molecule has 1 heterocycles. The average Bonchev–Trinajstić information content (AvgIpc) is 3.10. The van der Waals surface area contributed by atoms with Crippen molar-refractivity contribution in [1.29, 1.82) is 0 Å². The number of hydrogen-bond donors (Lipinski definition) is 1. The van der Waals surface area contributed by atoms with Crippen LogP contribution in [0.25, 0.3) is 11.0 Å². The number of benzene rings is 3. The zero-order valence-electron chi connectivity index (χ0n) is 16.9. The quantitative estimate of drug-likeness (QED) is 0.385. The van der Waals surface area contributed by atoms with Crippen molar-refractivity contribution in [2.75, 3.05) is 6.61 Å². The van der Waals surface area contributed by atoms with Crippen molar-refractivity contribution >= 4 is 44.1 Å². The summed E-state index contributed by atoms with van der Waals surface area (Å²) in [6.45, 7) is 0.00304. The van der Waals surface area contributed by atoms with Crippen LogP contribution in [0.5, 0.6) is 5.75 Å². The summed E-state index contributed by atoms with van der Waals surface area (Å²) < 4.78 is 33.2. The molecule has 166 valence electrons. The van der Waals surface area contributed by atoms with Gasteiger partial charge in [-0.2, -0.15) is 0 Å². The molecular formula is C23H20Cl2N2O4S. The van der Waals surface area contributed by atoms with Crippen LogP contribution in [0.1, 0.15) is 5.82 Å². The van der Waals surface area contributed by atoms with Crippen molar-refractivity contribution < 1.29 is 18.3 Å². The number of hydrogen-bond acceptors (Lipinski definition) is 5. The van der Waals surface area contributed by atoms with E-state index in [-0.39, 0.29) is 29.5 Å². The van der Waals surface area contributed by atoms with E-state index in [2.05, 4.69) is 4.98 Å². The van der Waals surface area contributed by atoms with Gasteiger partial charge in [-0.3, -0.25) is 0 Å². The summed E-state index contributed by atoms with van der Waals surface area (Å²) in [7, 11) is -3.62. The Kier molecular flexibility index (Phi) is 6.71. The summed E-state index contributed by atoms with van der Waals surface area (Å²) in [6.07, 6.45) is -0.960. The van der Waals surface area contributed by atoms with E-state index < -0.39 is 15.9 Å². The smallest absolute Gasteiger partial charge is 0.185 e. The lowest BCUT2D eigenvalue weighted by Gasteiger charge is -2.17. The van der Waals surface area contributed by atoms with E-state index >= 15 is 0 Å². The van der Waals surface area contributed by atoms with Crippen LogP contribution < -0.4 is 4.74 Å². The van der Waals surface area contributed by atoms with Gasteiger partial charge < -0.3 is 14.4 Å². The highest BCUT2D eigenvalue weighted by Crippen LogP contribution is 2.32. The lowest BCUT2D eigenvalue weighted by molar-refractivity contribution is 0.0929. The Bertz CT molecular complexity index is 1320. The number of sulfone groups is 1. The molecule has 0 amide bonds. The molecule has 0 saturated carbocycles. The third kappa shape index (κ3) is 4.91. The van der Waals surface area contributed by atoms with Crippen molar-refractivity contribution in [3.05, 3.63) is 88.7 Å². The van der Waals surface area contributed by atoms with Gasteiger partial charge in [-0.25, -0.2) is 13.4 Å². The third-order valence-corrected chi connectivity index (χ3v) is 7.11. The molecule has 6 nitrogen and oxygen atoms in total. The Morgan fingerprint density at radius 2 is 1.59 bits per heavy atom. The fourth-order valence-corrected chi connectivity index (χ4v) is 5.19. The van der Waals surface area contributed by atoms with Crippen molar-refractivity contribution in [1.82, 2.24) is 9.55 Å². The molecule has 1 atom stereocenters. The number of aliphatic hydroxyl groups is 1. The second-order valence-corrected chi connectivity index (χ2v) is 10.0. The van der Waals surface area contributed by atoms with Crippen LogP contribution in [0, 0.1) is 0 Å². The number of ether oxygens (including phenoxy) is 1. The highest BCUT2D eigenvalue weighted by Gasteiger charge is 2.22. The standard InChI is InChI=1S/C23H20Cl2N2O4S/c24-18-9-6-10-19(25)23(18)31-14-16(28)13-27-21-12-5-4-11-20(21)26-22(27)15-32(29,30)17-7-2-1-3-8-17/h1-12,16,28H,13-15H2. The van der Waals surface area contributed by atoms with Crippen LogP contribution in [-0.2, 0) is 22.1 Å². The molecule has 9 heteroatoms. The summed E-state index contributed by atoms with van der Waals surface area (Å²) in [5.41, 5.74) is 1.37. The molecule has 0 radical (unpaired) electrons. The van der Waals surface area contributed by atoms with Crippen molar-refractivity contribution in [3.8, 4) is 5.75 Å². The third-order valence-electron chi connectivity index (χ3n) is 4.89. The van der Waals surface area contributed by atoms with Crippen molar-refractivity contribution in [2.45, 2.75) is 23.3 Å². The summed E-state index contributed by atoms with van der Waals surface area (Å²) in [6, 6.07) is 20.5. The number of aliphatic hydroxyl groups excluding tert-OH is 1. The zero-order valence-corrected chi connectivity index (χ0v) is 19.2. The number of para-hydroxylation sites is 3. The van der Waals surface area contributed by atoms with E-state index in [1.54, 1.807) is 59.2 Å². The molecule has 0 aliphatic rings. The SMILES string of the molecule is O=S(=O)(Cc1nc2ccccc2n1CC(O)COc1c(Cl)cccc1Cl)c1ccccc1. The molecule has 3 aromatic carbocycles. The van der Waals surface area contributed by atoms with Gasteiger partial charge in [0.1, 0.15) is 24.3 Å². The summed E-state index contributed by atoms with van der Waals surface area (Å²) in [4.78, 5) is 4.73. The highest BCUT2D eigenvalue weighted by atomic mass is 35.5. The molecule has 0 bridgehead atoms. The average molecular weight is 491 g/mol. The Morgan fingerprint density at radius 3 is 2.31 bits per heavy atom. The van der Waals surface area contributed by atoms with E-state index in [4.69, 9.17) is 27.9 Å². The Hall–Kier alpha value is -2.58. The number of aromatic nitrogens is 2. The first-order valence-corrected chi connectivity index (χ1v) is 12.2. The fraction of sp³-hybridized carbons (Fsp3) is 0.174. The first-order valence-electron chi connectivity index (χ1n) is 9.82. The summed E-state index contributed by atoms with van der Waals surface area (Å²) in [5.74, 6) is 0.331. The molecule has 4 rings (SSSR count). The minimum Gasteiger partial charge on any atom is -0.488 e. The van der Waals surface area contributed by atoms with Crippen molar-refractivity contribution in [3.63, 3.8) is 0 Å². The maximum atomic E-state index is 12.9. The number of imidazole rings is 1. The fourth-order valence-electron chi connectivity index (χ4n) is 3.38. The molecule has 1 unspecified atom stereocenters. The lowest BCUT2D eigenvalue weighted by Crippen LogP contribution is -2.25. The first kappa shape index (κ1) is 22.6. The van der Waals surface area contributed by atoms with E-state index in [9.17, 15) is 13.5 Å². The molecular weight excluding hydrogens is 471 g/mol. The topological polar surface area (TPSA) is 81.4 Å². The second kappa shape index (κ2) is 9.50. The van der Waals surface area contributed by atoms with Crippen LogP contribution in [0.15, 0.2) is 77.7 Å². The van der Waals surface area contributed by atoms with Gasteiger partial charge in [-0.1, -0.05) is 59.6 Å². The normalized spacial score (nSPS) is 12.7. The molecule has 1 aromatic heterocycles. The maximum absolute atomic E-state index is 12.9. The molecule has 0 spiro atoms. The molecule has 32 heavy (non-hydrogen) atoms. The van der Waals surface area contributed by atoms with Crippen LogP contribution in [0.3, 0.4) is 0 Å². The largest absolute Gasteiger partial charge is 0.488 e. The number of halogens is 2. The minimum absolute atomic E-state index is 0.0825. The maximum Gasteiger partial charge on any atom is 0.185 e. The molecule has 0 fully saturated rings. The predicted molar refractivity (Wildman–Crippen MR) is 125 cm³/mol. The van der Waals surface area contributed by atoms with Gasteiger partial charge in [0.2, 0.25) is 0 Å². The van der Waals surface area contributed by atoms with E-state index in [1.807, 2.05) is 18.2 Å². The number of fused-ring (bicyclic) bond motifs is 1. The number of rotatable bonds is 8. The van der Waals surface area contributed by atoms with Crippen LogP contribution in [0.2, 0.25) is 10.0 Å². The van der Waals surface area contributed by atoms with Crippen LogP contribution in [-0.4, -0.2) is 35.8 Å². The molecule has 0 aliphatic carbocycles. The highest BCUT2D eigenvalue weighted by molar-refractivity contribution is 7.90. The molecule has 1 N–H and O–H groups in total. The van der Waals surface area contributed by atoms with Gasteiger partial charge in [0.15, 0.2) is 15.6 Å². The van der Waals surface area contributed by atoms with Gasteiger partial charge in [-0.15, -0.1) is 0 Å². The summed E-state index contributed by atoms with van der Waals surface area (Å²) in [5, 5.41) is 11.3. The van der Waals surface area contributed by atoms with Gasteiger partial charge >= 0.3 is 0 Å². The molecule has 0 saturated heterocycles. The van der Waals surface area contributed by atoms with Gasteiger partial charge in [0.25, 0.3) is 0 Å². The first-order chi connectivity index (χ1) is 15.3. The predicted octanol–water partition coefficient (Wildman–Crippen LogP) is 4.76. The van der Waals surface area contributed by atoms with E-state index in [0.29, 0.717) is 21.4 Å². The zero-order chi connectivity index (χ0) is 22.7. The second-order valence-electron chi connectivity index (χ2n) is 7.22. The van der Waals surface area contributed by atoms with Crippen LogP contribution in [0.4, 0.5) is 0 Å². The monoisotopic (exact) mass is 490 g/mol. The van der Waals surface area contributed by atoms with Gasteiger partial charge in [0, 0.05) is 0 Å². The van der Waals surface area contributed by atoms with E-state index in [1.165, 1.54) is 0 Å². The van der Waals surface area contributed by atoms with Crippen molar-refractivity contribution in [2.24, 2.45) is 0 Å². The Morgan fingerprint density at radius 1 is 0.938 bits per heavy atom. The van der Waals surface area contributed by atoms with Gasteiger partial charge in [0.05, 0.1) is 32.5 Å². The van der Waals surface area contributed by atoms with Gasteiger partial charge in [-0.05, 0) is 36.4 Å². The minimum atomic E-state index is -3.62. The Balaban J connectivity index is 1.59. The lowest BCUT2D eigenvalue weighted by atomic mass is 10.3. The van der Waals surface area contributed by atoms with Crippen LogP contribution >= 0.6 is 23.2 Å². The number of nitrogens with zero attached hydrogens (tertiary/aromatic N) is 2. The molecule has 4 aromatic rings. The summed E-state index contributed by atoms with van der Waals surface area (Å²) >= 11 is 12.2. The molecule has 0 aliphatic heterocycles.